The molecule has 1 aromatic carbocycles. The van der Waals surface area contributed by atoms with Gasteiger partial charge in [0.15, 0.2) is 0 Å². The molecular formula is C17H27NO2. The van der Waals surface area contributed by atoms with Crippen molar-refractivity contribution in [2.75, 3.05) is 27.6 Å². The van der Waals surface area contributed by atoms with Crippen molar-refractivity contribution in [3.05, 3.63) is 29.8 Å². The summed E-state index contributed by atoms with van der Waals surface area (Å²) >= 11 is 0. The molecule has 2 rings (SSSR count). The molecule has 1 fully saturated rings. The Kier molecular flexibility index (Phi) is 2.57. The molecule has 1 aliphatic carbocycles. The van der Waals surface area contributed by atoms with Gasteiger partial charge in [0.2, 0.25) is 0 Å². The highest BCUT2D eigenvalue weighted by Crippen LogP contribution is 2.40. The highest BCUT2D eigenvalue weighted by molar-refractivity contribution is 5.31. The molecule has 0 amide bonds. The lowest BCUT2D eigenvalue weighted by Crippen LogP contribution is -2.42. The molecule has 0 heterocycles. The Labute approximate surface area is 133 Å². The first-order valence-electron chi connectivity index (χ1n) is 11.1. The van der Waals surface area contributed by atoms with Crippen LogP contribution >= 0.6 is 0 Å². The largest absolute Gasteiger partial charge is 0.497 e. The normalized spacial score (nSPS) is 27.1. The summed E-state index contributed by atoms with van der Waals surface area (Å²) in [6, 6.07) is 6.16. The number of aliphatic hydroxyl groups is 1. The number of likely N-dealkylation sites (N-methyl/N-ethyl adjacent to an activating group) is 1. The van der Waals surface area contributed by atoms with Crippen molar-refractivity contribution < 1.29 is 20.8 Å². The molecule has 1 atom stereocenters. The van der Waals surface area contributed by atoms with E-state index in [1.54, 1.807) is 12.1 Å². The van der Waals surface area contributed by atoms with E-state index in [0.29, 0.717) is 18.4 Å². The number of benzene rings is 1. The predicted molar refractivity (Wildman–Crippen MR) is 82.3 cm³/mol. The van der Waals surface area contributed by atoms with E-state index in [9.17, 15) is 5.11 Å². The molecule has 1 saturated carbocycles. The first-order chi connectivity index (χ1) is 12.8. The van der Waals surface area contributed by atoms with Crippen LogP contribution in [0.15, 0.2) is 24.3 Å². The number of methoxy groups -OCH3 is 1. The second-order valence-corrected chi connectivity index (χ2v) is 5.54. The maximum absolute atomic E-state index is 11.3. The Morgan fingerprint density at radius 2 is 2.05 bits per heavy atom. The van der Waals surface area contributed by atoms with E-state index >= 15 is 0 Å². The van der Waals surface area contributed by atoms with Gasteiger partial charge in [-0.05, 0) is 44.5 Å². The lowest BCUT2D eigenvalue weighted by Gasteiger charge is -2.40. The summed E-state index contributed by atoms with van der Waals surface area (Å²) < 4.78 is 64.5. The van der Waals surface area contributed by atoms with Gasteiger partial charge in [-0.1, -0.05) is 31.4 Å². The van der Waals surface area contributed by atoms with Gasteiger partial charge in [0.1, 0.15) is 5.75 Å². The standard InChI is InChI=1S/C17H27NO2/c1-18(2)13-16(17(19)11-5-4-6-12-17)14-7-9-15(20-3)10-8-14/h7-10,16,19H,4-6,11-13H2,1-3H3/t16-/m0/s1/i1D2,2D3,3D3. The first-order valence-corrected chi connectivity index (χ1v) is 6.94. The summed E-state index contributed by atoms with van der Waals surface area (Å²) in [6.45, 7) is -4.52. The smallest absolute Gasteiger partial charge is 0.118 e. The Hall–Kier alpha value is -1.06. The second-order valence-electron chi connectivity index (χ2n) is 5.54. The highest BCUT2D eigenvalue weighted by atomic mass is 16.5. The van der Waals surface area contributed by atoms with E-state index in [1.807, 2.05) is 0 Å². The molecule has 3 heteroatoms. The van der Waals surface area contributed by atoms with Gasteiger partial charge in [0.25, 0.3) is 0 Å². The average molecular weight is 285 g/mol. The van der Waals surface area contributed by atoms with Gasteiger partial charge in [-0.3, -0.25) is 0 Å². The summed E-state index contributed by atoms with van der Waals surface area (Å²) in [7, 11) is -2.58. The Morgan fingerprint density at radius 1 is 1.30 bits per heavy atom. The monoisotopic (exact) mass is 285 g/mol. The molecule has 20 heavy (non-hydrogen) atoms. The average Bonchev–Trinajstić information content (AvgIpc) is 2.54. The van der Waals surface area contributed by atoms with Crippen molar-refractivity contribution in [1.29, 1.82) is 0 Å². The molecule has 1 aliphatic rings. The minimum atomic E-state index is -2.64. The number of hydrogen-bond donors (Lipinski definition) is 1. The molecule has 0 spiro atoms. The quantitative estimate of drug-likeness (QED) is 0.902. The number of nitrogens with zero attached hydrogens (tertiary/aromatic N) is 1. The molecule has 0 unspecified atom stereocenters. The maximum Gasteiger partial charge on any atom is 0.118 e. The molecule has 0 saturated heterocycles. The van der Waals surface area contributed by atoms with Crippen molar-refractivity contribution in [2.45, 2.75) is 43.6 Å². The van der Waals surface area contributed by atoms with E-state index in [0.717, 1.165) is 24.2 Å². The molecule has 112 valence electrons. The van der Waals surface area contributed by atoms with Crippen LogP contribution in [0.3, 0.4) is 0 Å². The van der Waals surface area contributed by atoms with E-state index < -0.39 is 32.5 Å². The zero-order valence-electron chi connectivity index (χ0n) is 19.5. The molecule has 0 aromatic heterocycles. The Balaban J connectivity index is 2.35. The fourth-order valence-corrected chi connectivity index (χ4v) is 3.06. The van der Waals surface area contributed by atoms with Gasteiger partial charge >= 0.3 is 0 Å². The number of hydrogen-bond acceptors (Lipinski definition) is 3. The molecule has 3 nitrogen and oxygen atoms in total. The molecule has 1 N–H and O–H groups in total. The van der Waals surface area contributed by atoms with Crippen LogP contribution in [0.1, 0.15) is 54.6 Å². The number of ether oxygens (including phenoxy) is 1. The van der Waals surface area contributed by atoms with Crippen LogP contribution in [-0.4, -0.2) is 43.2 Å². The van der Waals surface area contributed by atoms with Gasteiger partial charge in [0, 0.05) is 19.3 Å². The first kappa shape index (κ1) is 7.81. The van der Waals surface area contributed by atoms with Crippen molar-refractivity contribution >= 4 is 0 Å². The van der Waals surface area contributed by atoms with Gasteiger partial charge in [-0.15, -0.1) is 0 Å². The van der Waals surface area contributed by atoms with Crippen molar-refractivity contribution in [3.63, 3.8) is 0 Å². The Bertz CT molecular complexity index is 624. The van der Waals surface area contributed by atoms with Crippen LogP contribution in [0.5, 0.6) is 5.75 Å². The topological polar surface area (TPSA) is 32.7 Å². The molecule has 0 aliphatic heterocycles. The van der Waals surface area contributed by atoms with E-state index in [-0.39, 0.29) is 12.3 Å². The van der Waals surface area contributed by atoms with Crippen LogP contribution in [0.2, 0.25) is 0 Å². The maximum atomic E-state index is 11.3. The lowest BCUT2D eigenvalue weighted by molar-refractivity contribution is -0.0277. The van der Waals surface area contributed by atoms with E-state index in [2.05, 4.69) is 0 Å². The van der Waals surface area contributed by atoms with Crippen molar-refractivity contribution in [2.24, 2.45) is 0 Å². The minimum absolute atomic E-state index is 0.143. The van der Waals surface area contributed by atoms with Crippen LogP contribution < -0.4 is 4.74 Å². The van der Waals surface area contributed by atoms with Gasteiger partial charge < -0.3 is 14.7 Å². The summed E-state index contributed by atoms with van der Waals surface area (Å²) in [5.74, 6) is -0.488. The van der Waals surface area contributed by atoms with Crippen LogP contribution in [0.25, 0.3) is 0 Å². The van der Waals surface area contributed by atoms with Crippen molar-refractivity contribution in [3.8, 4) is 5.75 Å². The zero-order valence-corrected chi connectivity index (χ0v) is 11.5. The van der Waals surface area contributed by atoms with Crippen LogP contribution in [0, 0.1) is 0 Å². The molecule has 0 bridgehead atoms. The van der Waals surface area contributed by atoms with E-state index in [1.165, 1.54) is 12.1 Å². The van der Waals surface area contributed by atoms with Crippen LogP contribution in [-0.2, 0) is 0 Å². The predicted octanol–water partition coefficient (Wildman–Crippen LogP) is 3.04. The van der Waals surface area contributed by atoms with Gasteiger partial charge in [-0.2, -0.15) is 0 Å². The third-order valence-corrected chi connectivity index (χ3v) is 4.15. The summed E-state index contributed by atoms with van der Waals surface area (Å²) in [4.78, 5) is 0.775. The van der Waals surface area contributed by atoms with Crippen molar-refractivity contribution in [1.82, 2.24) is 4.90 Å². The van der Waals surface area contributed by atoms with E-state index in [4.69, 9.17) is 15.7 Å². The minimum Gasteiger partial charge on any atom is -0.497 e. The Morgan fingerprint density at radius 3 is 2.65 bits per heavy atom. The highest BCUT2D eigenvalue weighted by Gasteiger charge is 2.38. The van der Waals surface area contributed by atoms with Gasteiger partial charge in [-0.25, -0.2) is 0 Å². The number of rotatable bonds is 5. The summed E-state index contributed by atoms with van der Waals surface area (Å²) in [5.41, 5.74) is -0.527. The SMILES string of the molecule is [2H]C([2H])N(C[C@@H](c1ccc(OC([2H])([2H])[2H])cc1)C1(O)CCCCC1)C([2H])([2H])[2H]. The molecular weight excluding hydrogens is 250 g/mol. The van der Waals surface area contributed by atoms with Crippen LogP contribution in [0.4, 0.5) is 0 Å². The second kappa shape index (κ2) is 6.59. The summed E-state index contributed by atoms with van der Waals surface area (Å²) in [5, 5.41) is 11.3. The third-order valence-electron chi connectivity index (χ3n) is 4.15. The lowest BCUT2D eigenvalue weighted by atomic mass is 9.72. The van der Waals surface area contributed by atoms with Gasteiger partial charge in [0.05, 0.1) is 16.8 Å². The zero-order chi connectivity index (χ0) is 21.2. The molecule has 0 radical (unpaired) electrons. The fourth-order valence-electron chi connectivity index (χ4n) is 3.06. The molecule has 1 aromatic rings. The summed E-state index contributed by atoms with van der Waals surface area (Å²) in [6.07, 6.45) is 3.61. The third kappa shape index (κ3) is 3.53. The fraction of sp³-hybridized carbons (Fsp3) is 0.647.